The summed E-state index contributed by atoms with van der Waals surface area (Å²) in [5.41, 5.74) is 2.67. The molecule has 0 aromatic rings. The van der Waals surface area contributed by atoms with Crippen molar-refractivity contribution in [2.24, 2.45) is 50.5 Å². The fourth-order valence-electron chi connectivity index (χ4n) is 7.39. The topological polar surface area (TPSA) is 97.0 Å². The summed E-state index contributed by atoms with van der Waals surface area (Å²) in [7, 11) is 0. The van der Waals surface area contributed by atoms with Gasteiger partial charge in [0, 0.05) is 5.41 Å². The van der Waals surface area contributed by atoms with E-state index >= 15 is 0 Å². The van der Waals surface area contributed by atoms with Gasteiger partial charge in [-0.3, -0.25) is 0 Å². The zero-order valence-corrected chi connectivity index (χ0v) is 16.5. The number of hydrogen-bond donors (Lipinski definition) is 3. The average Bonchev–Trinajstić information content (AvgIpc) is 2.92. The van der Waals surface area contributed by atoms with Crippen LogP contribution in [0.15, 0.2) is 21.9 Å². The third-order valence-corrected chi connectivity index (χ3v) is 9.09. The molecule has 0 aromatic heterocycles. The minimum Gasteiger partial charge on any atom is -0.383 e. The van der Waals surface area contributed by atoms with Crippen molar-refractivity contribution in [3.05, 3.63) is 11.6 Å². The SMILES string of the molecule is C/C(=N/N)[C@@]1(O)CC[C@@H]2[C@@H]3CCC4=C/C(=N\N)CC[C@]4(C)[C@H]3CC[C@@]21C. The summed E-state index contributed by atoms with van der Waals surface area (Å²) in [6, 6.07) is 0. The molecule has 5 heteroatoms. The normalized spacial score (nSPS) is 50.0. The molecule has 0 unspecified atom stereocenters. The lowest BCUT2D eigenvalue weighted by Gasteiger charge is -2.59. The van der Waals surface area contributed by atoms with Crippen molar-refractivity contribution >= 4 is 11.4 Å². The Balaban J connectivity index is 1.68. The first kappa shape index (κ1) is 18.0. The van der Waals surface area contributed by atoms with Crippen LogP contribution in [0.2, 0.25) is 0 Å². The highest BCUT2D eigenvalue weighted by molar-refractivity contribution is 5.96. The van der Waals surface area contributed by atoms with E-state index in [9.17, 15) is 5.11 Å². The van der Waals surface area contributed by atoms with Crippen molar-refractivity contribution in [3.63, 3.8) is 0 Å². The van der Waals surface area contributed by atoms with E-state index < -0.39 is 5.60 Å². The van der Waals surface area contributed by atoms with Gasteiger partial charge in [0.1, 0.15) is 5.60 Å². The van der Waals surface area contributed by atoms with Crippen LogP contribution in [0.4, 0.5) is 0 Å². The molecular weight excluding hydrogens is 324 g/mol. The largest absolute Gasteiger partial charge is 0.383 e. The molecule has 0 aromatic carbocycles. The summed E-state index contributed by atoms with van der Waals surface area (Å²) in [6.07, 6.45) is 10.9. The number of fused-ring (bicyclic) bond motifs is 5. The highest BCUT2D eigenvalue weighted by atomic mass is 16.3. The van der Waals surface area contributed by atoms with E-state index in [1.54, 1.807) is 5.57 Å². The summed E-state index contributed by atoms with van der Waals surface area (Å²) in [5.74, 6) is 13.1. The van der Waals surface area contributed by atoms with Gasteiger partial charge in [-0.05, 0) is 87.5 Å². The minimum atomic E-state index is -0.833. The number of hydrazone groups is 2. The van der Waals surface area contributed by atoms with Gasteiger partial charge >= 0.3 is 0 Å². The highest BCUT2D eigenvalue weighted by Gasteiger charge is 2.64. The second-order valence-electron chi connectivity index (χ2n) is 9.69. The zero-order chi connectivity index (χ0) is 18.7. The second-order valence-corrected chi connectivity index (χ2v) is 9.69. The second kappa shape index (κ2) is 5.82. The minimum absolute atomic E-state index is 0.1000. The Kier molecular flexibility index (Phi) is 4.03. The Bertz CT molecular complexity index is 698. The van der Waals surface area contributed by atoms with E-state index in [1.807, 2.05) is 6.92 Å². The maximum absolute atomic E-state index is 11.5. The molecule has 0 spiro atoms. The van der Waals surface area contributed by atoms with Crippen molar-refractivity contribution in [2.75, 3.05) is 0 Å². The predicted molar refractivity (Wildman–Crippen MR) is 106 cm³/mol. The van der Waals surface area contributed by atoms with Gasteiger partial charge in [-0.1, -0.05) is 19.4 Å². The lowest BCUT2D eigenvalue weighted by molar-refractivity contribution is -0.0945. The van der Waals surface area contributed by atoms with Gasteiger partial charge in [-0.25, -0.2) is 0 Å². The van der Waals surface area contributed by atoms with Crippen LogP contribution < -0.4 is 11.7 Å². The van der Waals surface area contributed by atoms with Gasteiger partial charge in [-0.15, -0.1) is 0 Å². The molecule has 3 fully saturated rings. The van der Waals surface area contributed by atoms with Gasteiger partial charge in [-0.2, -0.15) is 10.2 Å². The maximum atomic E-state index is 11.5. The molecule has 0 aliphatic heterocycles. The highest BCUT2D eigenvalue weighted by Crippen LogP contribution is 2.67. The van der Waals surface area contributed by atoms with Crippen LogP contribution in [-0.4, -0.2) is 22.1 Å². The number of nitrogens with zero attached hydrogens (tertiary/aromatic N) is 2. The molecule has 3 saturated carbocycles. The zero-order valence-electron chi connectivity index (χ0n) is 16.5. The van der Waals surface area contributed by atoms with E-state index in [-0.39, 0.29) is 10.8 Å². The molecular formula is C21H34N4O. The van der Waals surface area contributed by atoms with Crippen LogP contribution in [-0.2, 0) is 0 Å². The summed E-state index contributed by atoms with van der Waals surface area (Å²) in [4.78, 5) is 0. The van der Waals surface area contributed by atoms with Crippen molar-refractivity contribution in [1.82, 2.24) is 0 Å². The fraction of sp³-hybridized carbons (Fsp3) is 0.810. The predicted octanol–water partition coefficient (Wildman–Crippen LogP) is 3.33. The molecule has 6 atom stereocenters. The Hall–Kier alpha value is -1.36. The first-order chi connectivity index (χ1) is 12.3. The molecule has 4 aliphatic rings. The maximum Gasteiger partial charge on any atom is 0.110 e. The molecule has 0 amide bonds. The first-order valence-electron chi connectivity index (χ1n) is 10.3. The molecule has 5 nitrogen and oxygen atoms in total. The van der Waals surface area contributed by atoms with Gasteiger partial charge < -0.3 is 16.8 Å². The number of aliphatic hydroxyl groups is 1. The third-order valence-electron chi connectivity index (χ3n) is 9.09. The monoisotopic (exact) mass is 358 g/mol. The van der Waals surface area contributed by atoms with Gasteiger partial charge in [0.05, 0.1) is 11.4 Å². The Morgan fingerprint density at radius 2 is 1.81 bits per heavy atom. The van der Waals surface area contributed by atoms with Crippen LogP contribution in [0.3, 0.4) is 0 Å². The van der Waals surface area contributed by atoms with E-state index in [0.717, 1.165) is 44.2 Å². The van der Waals surface area contributed by atoms with Crippen LogP contribution >= 0.6 is 0 Å². The number of hydrogen-bond acceptors (Lipinski definition) is 5. The van der Waals surface area contributed by atoms with Crippen molar-refractivity contribution in [2.45, 2.75) is 77.7 Å². The van der Waals surface area contributed by atoms with E-state index in [0.29, 0.717) is 23.5 Å². The standard InChI is InChI=1S/C21H34N4O/c1-13(24-22)21(26)11-8-18-16-5-4-14-12-15(25-23)6-9-19(14,2)17(16)7-10-20(18,21)3/h12,16-18,26H,4-11,22-23H2,1-3H3/b24-13-,25-15-/t16-,17+,18-,19+,20+,21+/m1/s1. The summed E-state index contributed by atoms with van der Waals surface area (Å²) in [5, 5.41) is 19.4. The smallest absolute Gasteiger partial charge is 0.110 e. The molecule has 0 radical (unpaired) electrons. The quantitative estimate of drug-likeness (QED) is 0.381. The van der Waals surface area contributed by atoms with E-state index in [4.69, 9.17) is 11.7 Å². The Morgan fingerprint density at radius 3 is 2.50 bits per heavy atom. The van der Waals surface area contributed by atoms with Crippen LogP contribution in [0.1, 0.15) is 72.1 Å². The molecule has 0 bridgehead atoms. The van der Waals surface area contributed by atoms with Crippen LogP contribution in [0, 0.1) is 28.6 Å². The molecule has 4 aliphatic carbocycles. The summed E-state index contributed by atoms with van der Waals surface area (Å²) < 4.78 is 0. The van der Waals surface area contributed by atoms with Crippen molar-refractivity contribution in [3.8, 4) is 0 Å². The first-order valence-corrected chi connectivity index (χ1v) is 10.3. The molecule has 26 heavy (non-hydrogen) atoms. The number of allylic oxidation sites excluding steroid dienone is 2. The Morgan fingerprint density at radius 1 is 1.08 bits per heavy atom. The number of rotatable bonds is 1. The van der Waals surface area contributed by atoms with Crippen molar-refractivity contribution in [1.29, 1.82) is 0 Å². The lowest BCUT2D eigenvalue weighted by Crippen LogP contribution is -2.57. The summed E-state index contributed by atoms with van der Waals surface area (Å²) >= 11 is 0. The average molecular weight is 359 g/mol. The molecule has 0 heterocycles. The summed E-state index contributed by atoms with van der Waals surface area (Å²) in [6.45, 7) is 6.67. The van der Waals surface area contributed by atoms with Crippen molar-refractivity contribution < 1.29 is 5.11 Å². The van der Waals surface area contributed by atoms with E-state index in [2.05, 4.69) is 30.1 Å². The number of nitrogens with two attached hydrogens (primary N) is 2. The molecule has 144 valence electrons. The van der Waals surface area contributed by atoms with Gasteiger partial charge in [0.25, 0.3) is 0 Å². The van der Waals surface area contributed by atoms with Gasteiger partial charge in [0.15, 0.2) is 0 Å². The van der Waals surface area contributed by atoms with E-state index in [1.165, 1.54) is 12.8 Å². The lowest BCUT2D eigenvalue weighted by atomic mass is 9.46. The third kappa shape index (κ3) is 2.12. The molecule has 5 N–H and O–H groups in total. The van der Waals surface area contributed by atoms with Crippen LogP contribution in [0.5, 0.6) is 0 Å². The van der Waals surface area contributed by atoms with Crippen LogP contribution in [0.25, 0.3) is 0 Å². The Labute approximate surface area is 157 Å². The molecule has 0 saturated heterocycles. The molecule has 4 rings (SSSR count). The fourth-order valence-corrected chi connectivity index (χ4v) is 7.39. The van der Waals surface area contributed by atoms with Gasteiger partial charge in [0.2, 0.25) is 0 Å².